The number of hydrogen-bond acceptors (Lipinski definition) is 5. The largest absolute Gasteiger partial charge is 0.464 e. The standard InChI is InChI=1S/C26H28F3N3O6S/c1-2-17-7-13-21(14-8-17)39(37,38)16-18-5-3-4-6-22(18)31-23(33)15-30-24(34)32(25(35)36)20-11-9-19(10-12-20)26(27,28)29/h2,7-14,18,22H,1,3-6,15-16H2,(H,30,34)(H,31,33)(H,35,36)/t18-,22-/m0/s1. The second kappa shape index (κ2) is 12.3. The molecule has 2 atom stereocenters. The van der Waals surface area contributed by atoms with E-state index in [-0.39, 0.29) is 27.2 Å². The van der Waals surface area contributed by atoms with E-state index >= 15 is 0 Å². The summed E-state index contributed by atoms with van der Waals surface area (Å²) in [7, 11) is -3.64. The summed E-state index contributed by atoms with van der Waals surface area (Å²) < 4.78 is 64.3. The SMILES string of the molecule is C=Cc1ccc(S(=O)(=O)C[C@@H]2CCCC[C@@H]2NC(=O)CNC(=O)N(C(=O)O)c2ccc(C(F)(F)F)cc2)cc1. The van der Waals surface area contributed by atoms with Gasteiger partial charge in [-0.2, -0.15) is 18.1 Å². The Labute approximate surface area is 223 Å². The van der Waals surface area contributed by atoms with Crippen molar-refractivity contribution in [1.29, 1.82) is 0 Å². The van der Waals surface area contributed by atoms with E-state index in [0.717, 1.165) is 30.5 Å². The molecule has 13 heteroatoms. The van der Waals surface area contributed by atoms with Gasteiger partial charge in [0.25, 0.3) is 0 Å². The molecule has 9 nitrogen and oxygen atoms in total. The minimum atomic E-state index is -4.64. The first-order valence-corrected chi connectivity index (χ1v) is 13.7. The summed E-state index contributed by atoms with van der Waals surface area (Å²) >= 11 is 0. The molecule has 39 heavy (non-hydrogen) atoms. The van der Waals surface area contributed by atoms with Crippen molar-refractivity contribution in [2.45, 2.75) is 42.8 Å². The van der Waals surface area contributed by atoms with Crippen LogP contribution < -0.4 is 15.5 Å². The van der Waals surface area contributed by atoms with Crippen molar-refractivity contribution in [3.05, 3.63) is 66.2 Å². The Morgan fingerprint density at radius 3 is 2.21 bits per heavy atom. The maximum Gasteiger partial charge on any atom is 0.420 e. The number of nitrogens with one attached hydrogen (secondary N) is 2. The second-order valence-electron chi connectivity index (χ2n) is 9.09. The van der Waals surface area contributed by atoms with E-state index in [1.807, 2.05) is 0 Å². The highest BCUT2D eigenvalue weighted by molar-refractivity contribution is 7.91. The highest BCUT2D eigenvalue weighted by Gasteiger charge is 2.33. The fourth-order valence-electron chi connectivity index (χ4n) is 4.39. The number of anilines is 1. The minimum Gasteiger partial charge on any atom is -0.464 e. The number of hydrogen-bond donors (Lipinski definition) is 3. The van der Waals surface area contributed by atoms with E-state index in [9.17, 15) is 41.1 Å². The zero-order chi connectivity index (χ0) is 28.8. The van der Waals surface area contributed by atoms with Gasteiger partial charge >= 0.3 is 18.3 Å². The fourth-order valence-corrected chi connectivity index (χ4v) is 6.10. The van der Waals surface area contributed by atoms with Gasteiger partial charge in [-0.15, -0.1) is 0 Å². The van der Waals surface area contributed by atoms with Gasteiger partial charge in [0.15, 0.2) is 9.84 Å². The molecule has 210 valence electrons. The number of carbonyl (C=O) groups excluding carboxylic acids is 2. The van der Waals surface area contributed by atoms with Crippen molar-refractivity contribution in [2.75, 3.05) is 17.2 Å². The van der Waals surface area contributed by atoms with Gasteiger partial charge in [-0.3, -0.25) is 4.79 Å². The number of nitrogens with zero attached hydrogens (tertiary/aromatic N) is 1. The molecule has 3 N–H and O–H groups in total. The van der Waals surface area contributed by atoms with Crippen LogP contribution in [0.25, 0.3) is 6.08 Å². The van der Waals surface area contributed by atoms with E-state index in [0.29, 0.717) is 25.0 Å². The number of amides is 4. The molecule has 0 spiro atoms. The number of alkyl halides is 3. The van der Waals surface area contributed by atoms with Gasteiger partial charge < -0.3 is 15.7 Å². The maximum absolute atomic E-state index is 13.0. The number of urea groups is 1. The number of sulfone groups is 1. The summed E-state index contributed by atoms with van der Waals surface area (Å²) in [5.74, 6) is -1.21. The lowest BCUT2D eigenvalue weighted by Gasteiger charge is -2.32. The zero-order valence-electron chi connectivity index (χ0n) is 20.8. The van der Waals surface area contributed by atoms with Crippen LogP contribution in [-0.2, 0) is 20.8 Å². The van der Waals surface area contributed by atoms with Crippen molar-refractivity contribution in [1.82, 2.24) is 10.6 Å². The van der Waals surface area contributed by atoms with Crippen LogP contribution >= 0.6 is 0 Å². The normalized spacial score (nSPS) is 17.6. The van der Waals surface area contributed by atoms with Crippen molar-refractivity contribution in [3.63, 3.8) is 0 Å². The summed E-state index contributed by atoms with van der Waals surface area (Å²) in [5.41, 5.74) is -0.583. The van der Waals surface area contributed by atoms with Gasteiger partial charge in [-0.25, -0.2) is 18.0 Å². The van der Waals surface area contributed by atoms with Gasteiger partial charge in [-0.1, -0.05) is 37.6 Å². The van der Waals surface area contributed by atoms with E-state index in [1.165, 1.54) is 12.1 Å². The molecular formula is C26H28F3N3O6S. The monoisotopic (exact) mass is 567 g/mol. The molecular weight excluding hydrogens is 539 g/mol. The third-order valence-electron chi connectivity index (χ3n) is 6.41. The topological polar surface area (TPSA) is 133 Å². The average molecular weight is 568 g/mol. The number of imide groups is 1. The molecule has 4 amide bonds. The molecule has 1 fully saturated rings. The molecule has 0 heterocycles. The minimum absolute atomic E-state index is 0.160. The smallest absolute Gasteiger partial charge is 0.420 e. The van der Waals surface area contributed by atoms with Crippen molar-refractivity contribution >= 4 is 39.6 Å². The van der Waals surface area contributed by atoms with Gasteiger partial charge in [0.05, 0.1) is 28.4 Å². The molecule has 0 bridgehead atoms. The fraction of sp³-hybridized carbons (Fsp3) is 0.346. The predicted octanol–water partition coefficient (Wildman–Crippen LogP) is 4.69. The van der Waals surface area contributed by atoms with E-state index < -0.39 is 52.2 Å². The Morgan fingerprint density at radius 2 is 1.64 bits per heavy atom. The quantitative estimate of drug-likeness (QED) is 0.424. The highest BCUT2D eigenvalue weighted by Crippen LogP contribution is 2.31. The number of carboxylic acid groups (broad SMARTS) is 1. The van der Waals surface area contributed by atoms with Gasteiger partial charge in [-0.05, 0) is 60.7 Å². The van der Waals surface area contributed by atoms with Crippen molar-refractivity contribution < 1.29 is 41.1 Å². The Morgan fingerprint density at radius 1 is 1.03 bits per heavy atom. The lowest BCUT2D eigenvalue weighted by molar-refractivity contribution is -0.137. The van der Waals surface area contributed by atoms with Gasteiger partial charge in [0.1, 0.15) is 0 Å². The first-order valence-electron chi connectivity index (χ1n) is 12.0. The zero-order valence-corrected chi connectivity index (χ0v) is 21.6. The molecule has 2 aromatic rings. The molecule has 2 aromatic carbocycles. The number of halogens is 3. The molecule has 0 aliphatic heterocycles. The Balaban J connectivity index is 1.61. The second-order valence-corrected chi connectivity index (χ2v) is 11.1. The Hall–Kier alpha value is -3.87. The summed E-state index contributed by atoms with van der Waals surface area (Å²) in [6.45, 7) is 3.02. The van der Waals surface area contributed by atoms with Gasteiger partial charge in [0.2, 0.25) is 5.91 Å². The molecule has 0 saturated heterocycles. The summed E-state index contributed by atoms with van der Waals surface area (Å²) in [6.07, 6.45) is -2.14. The number of benzene rings is 2. The predicted molar refractivity (Wildman–Crippen MR) is 138 cm³/mol. The molecule has 3 rings (SSSR count). The highest BCUT2D eigenvalue weighted by atomic mass is 32.2. The van der Waals surface area contributed by atoms with E-state index in [1.54, 1.807) is 18.2 Å². The van der Waals surface area contributed by atoms with Crippen LogP contribution in [-0.4, -0.2) is 49.9 Å². The molecule has 0 unspecified atom stereocenters. The van der Waals surface area contributed by atoms with Crippen LogP contribution in [0.3, 0.4) is 0 Å². The Kier molecular flexibility index (Phi) is 9.38. The molecule has 1 aliphatic rings. The van der Waals surface area contributed by atoms with Crippen LogP contribution in [0.15, 0.2) is 60.0 Å². The summed E-state index contributed by atoms with van der Waals surface area (Å²) in [4.78, 5) is 37.0. The van der Waals surface area contributed by atoms with Crippen LogP contribution in [0.2, 0.25) is 0 Å². The lowest BCUT2D eigenvalue weighted by atomic mass is 9.86. The number of rotatable bonds is 8. The molecule has 1 aliphatic carbocycles. The van der Waals surface area contributed by atoms with E-state index in [4.69, 9.17) is 0 Å². The first-order chi connectivity index (χ1) is 18.3. The lowest BCUT2D eigenvalue weighted by Crippen LogP contribution is -2.50. The first kappa shape index (κ1) is 29.7. The number of carbonyl (C=O) groups is 3. The Bertz CT molecular complexity index is 1310. The van der Waals surface area contributed by atoms with Crippen LogP contribution in [0.5, 0.6) is 0 Å². The van der Waals surface area contributed by atoms with Crippen molar-refractivity contribution in [2.24, 2.45) is 5.92 Å². The van der Waals surface area contributed by atoms with E-state index in [2.05, 4.69) is 17.2 Å². The summed E-state index contributed by atoms with van der Waals surface area (Å²) in [5, 5.41) is 14.3. The summed E-state index contributed by atoms with van der Waals surface area (Å²) in [6, 6.07) is 7.52. The molecule has 0 aromatic heterocycles. The molecule has 0 radical (unpaired) electrons. The van der Waals surface area contributed by atoms with Crippen LogP contribution in [0.1, 0.15) is 36.8 Å². The maximum atomic E-state index is 13.0. The third kappa shape index (κ3) is 7.82. The average Bonchev–Trinajstić information content (AvgIpc) is 2.88. The van der Waals surface area contributed by atoms with Crippen LogP contribution in [0, 0.1) is 5.92 Å². The third-order valence-corrected chi connectivity index (χ3v) is 8.27. The van der Waals surface area contributed by atoms with Crippen molar-refractivity contribution in [3.8, 4) is 0 Å². The van der Waals surface area contributed by atoms with Gasteiger partial charge in [0, 0.05) is 6.04 Å². The molecule has 1 saturated carbocycles. The van der Waals surface area contributed by atoms with Crippen LogP contribution in [0.4, 0.5) is 28.4 Å².